The molecule has 0 aromatic carbocycles. The lowest BCUT2D eigenvalue weighted by Gasteiger charge is -2.24. The Kier molecular flexibility index (Phi) is 2.96. The van der Waals surface area contributed by atoms with E-state index >= 15 is 0 Å². The smallest absolute Gasteiger partial charge is 0.256 e. The molecule has 0 fully saturated rings. The minimum Gasteiger partial charge on any atom is -0.345 e. The molecule has 0 saturated carbocycles. The molecule has 2 heterocycles. The fourth-order valence-corrected chi connectivity index (χ4v) is 2.26. The molecule has 2 N–H and O–H groups in total. The van der Waals surface area contributed by atoms with Gasteiger partial charge >= 0.3 is 0 Å². The minimum absolute atomic E-state index is 0.0154. The molecule has 1 aliphatic rings. The van der Waals surface area contributed by atoms with E-state index in [-0.39, 0.29) is 11.8 Å². The molecule has 5 heteroatoms. The first-order valence-electron chi connectivity index (χ1n) is 5.62. The molecule has 1 aromatic heterocycles. The van der Waals surface area contributed by atoms with Crippen molar-refractivity contribution in [1.29, 1.82) is 0 Å². The van der Waals surface area contributed by atoms with Crippen LogP contribution in [-0.4, -0.2) is 41.2 Å². The Morgan fingerprint density at radius 1 is 1.69 bits per heavy atom. The number of carbonyl (C=O) groups is 1. The number of rotatable bonds is 2. The van der Waals surface area contributed by atoms with Crippen molar-refractivity contribution in [3.05, 3.63) is 17.5 Å². The van der Waals surface area contributed by atoms with Gasteiger partial charge in [0.1, 0.15) is 0 Å². The molecule has 88 valence electrons. The van der Waals surface area contributed by atoms with Crippen LogP contribution in [0.25, 0.3) is 0 Å². The molecule has 16 heavy (non-hydrogen) atoms. The maximum absolute atomic E-state index is 12.0. The summed E-state index contributed by atoms with van der Waals surface area (Å²) in [6.07, 6.45) is 3.81. The molecule has 1 aliphatic heterocycles. The Morgan fingerprint density at radius 3 is 3.06 bits per heavy atom. The Bertz CT molecular complexity index is 397. The van der Waals surface area contributed by atoms with Gasteiger partial charge in [-0.25, -0.2) is 0 Å². The fourth-order valence-electron chi connectivity index (χ4n) is 2.26. The van der Waals surface area contributed by atoms with E-state index < -0.39 is 0 Å². The highest BCUT2D eigenvalue weighted by atomic mass is 16.2. The highest BCUT2D eigenvalue weighted by molar-refractivity contribution is 5.95. The monoisotopic (exact) mass is 222 g/mol. The summed E-state index contributed by atoms with van der Waals surface area (Å²) in [4.78, 5) is 13.6. The van der Waals surface area contributed by atoms with Crippen LogP contribution in [0.3, 0.4) is 0 Å². The van der Waals surface area contributed by atoms with E-state index in [1.807, 2.05) is 4.68 Å². The van der Waals surface area contributed by atoms with Crippen molar-refractivity contribution in [2.45, 2.75) is 25.3 Å². The van der Waals surface area contributed by atoms with Crippen molar-refractivity contribution in [2.24, 2.45) is 5.73 Å². The Balaban J connectivity index is 2.41. The zero-order valence-electron chi connectivity index (χ0n) is 9.81. The van der Waals surface area contributed by atoms with Gasteiger partial charge in [-0.1, -0.05) is 0 Å². The topological polar surface area (TPSA) is 64.2 Å². The Morgan fingerprint density at radius 2 is 2.44 bits per heavy atom. The summed E-state index contributed by atoms with van der Waals surface area (Å²) in [5.74, 6) is 0.289. The third kappa shape index (κ3) is 1.71. The number of amides is 1. The quantitative estimate of drug-likeness (QED) is 0.788. The van der Waals surface area contributed by atoms with Gasteiger partial charge in [0.25, 0.3) is 5.91 Å². The van der Waals surface area contributed by atoms with E-state index in [1.54, 1.807) is 25.2 Å². The molecule has 0 aliphatic carbocycles. The van der Waals surface area contributed by atoms with Crippen molar-refractivity contribution in [3.63, 3.8) is 0 Å². The average Bonchev–Trinajstić information content (AvgIpc) is 2.71. The largest absolute Gasteiger partial charge is 0.345 e. The maximum atomic E-state index is 12.0. The molecule has 1 amide bonds. The predicted molar refractivity (Wildman–Crippen MR) is 61.3 cm³/mol. The summed E-state index contributed by atoms with van der Waals surface area (Å²) < 4.78 is 1.93. The number of aryl methyl sites for hydroxylation is 1. The molecular formula is C11H18N4O. The van der Waals surface area contributed by atoms with E-state index in [0.29, 0.717) is 12.1 Å². The first-order valence-corrected chi connectivity index (χ1v) is 5.62. The summed E-state index contributed by atoms with van der Waals surface area (Å²) >= 11 is 0. The summed E-state index contributed by atoms with van der Waals surface area (Å²) in [6, 6.07) is 0. The molecule has 1 aromatic rings. The lowest BCUT2D eigenvalue weighted by molar-refractivity contribution is 0.0825. The molecule has 0 spiro atoms. The van der Waals surface area contributed by atoms with Gasteiger partial charge in [0.2, 0.25) is 0 Å². The average molecular weight is 222 g/mol. The first kappa shape index (κ1) is 11.1. The number of nitrogens with two attached hydrogens (primary N) is 1. The Labute approximate surface area is 95.2 Å². The van der Waals surface area contributed by atoms with E-state index in [4.69, 9.17) is 5.73 Å². The van der Waals surface area contributed by atoms with Crippen LogP contribution < -0.4 is 5.73 Å². The van der Waals surface area contributed by atoms with Crippen LogP contribution in [0.4, 0.5) is 0 Å². The number of nitrogens with zero attached hydrogens (tertiary/aromatic N) is 3. The molecule has 0 bridgehead atoms. The summed E-state index contributed by atoms with van der Waals surface area (Å²) in [6.45, 7) is 1.48. The molecule has 0 saturated heterocycles. The zero-order valence-corrected chi connectivity index (χ0v) is 9.81. The second kappa shape index (κ2) is 4.25. The highest BCUT2D eigenvalue weighted by Crippen LogP contribution is 2.29. The van der Waals surface area contributed by atoms with E-state index in [0.717, 1.165) is 25.1 Å². The van der Waals surface area contributed by atoms with E-state index in [1.165, 1.54) is 0 Å². The predicted octanol–water partition coefficient (Wildman–Crippen LogP) is 0.421. The van der Waals surface area contributed by atoms with Crippen LogP contribution in [0.1, 0.15) is 34.8 Å². The second-order valence-corrected chi connectivity index (χ2v) is 4.44. The van der Waals surface area contributed by atoms with Gasteiger partial charge < -0.3 is 10.6 Å². The SMILES string of the molecule is CN(C)C(=O)c1cnn2c1[C@@H](CN)CCC2. The van der Waals surface area contributed by atoms with Crippen molar-refractivity contribution < 1.29 is 4.79 Å². The molecule has 0 unspecified atom stereocenters. The molecule has 2 rings (SSSR count). The van der Waals surface area contributed by atoms with Crippen LogP contribution in [0.5, 0.6) is 0 Å². The van der Waals surface area contributed by atoms with E-state index in [2.05, 4.69) is 5.10 Å². The van der Waals surface area contributed by atoms with Gasteiger partial charge in [0, 0.05) is 33.1 Å². The third-order valence-corrected chi connectivity index (χ3v) is 3.11. The minimum atomic E-state index is 0.0154. The number of aromatic nitrogens is 2. The van der Waals surface area contributed by atoms with Gasteiger partial charge in [-0.3, -0.25) is 9.48 Å². The zero-order chi connectivity index (χ0) is 11.7. The lowest BCUT2D eigenvalue weighted by atomic mass is 9.93. The van der Waals surface area contributed by atoms with Gasteiger partial charge in [-0.15, -0.1) is 0 Å². The number of hydrogen-bond acceptors (Lipinski definition) is 3. The van der Waals surface area contributed by atoms with Gasteiger partial charge in [-0.2, -0.15) is 5.10 Å². The summed E-state index contributed by atoms with van der Waals surface area (Å²) in [7, 11) is 3.51. The second-order valence-electron chi connectivity index (χ2n) is 4.44. The van der Waals surface area contributed by atoms with Crippen molar-refractivity contribution in [3.8, 4) is 0 Å². The standard InChI is InChI=1S/C11H18N4O/c1-14(2)11(16)9-7-13-15-5-3-4-8(6-12)10(9)15/h7-8H,3-6,12H2,1-2H3/t8-/m1/s1. The maximum Gasteiger partial charge on any atom is 0.256 e. The third-order valence-electron chi connectivity index (χ3n) is 3.11. The fraction of sp³-hybridized carbons (Fsp3) is 0.636. The normalized spacial score (nSPS) is 19.3. The molecule has 1 atom stereocenters. The first-order chi connectivity index (χ1) is 7.65. The van der Waals surface area contributed by atoms with Crippen LogP contribution in [0, 0.1) is 0 Å². The summed E-state index contributed by atoms with van der Waals surface area (Å²) in [5, 5.41) is 4.27. The van der Waals surface area contributed by atoms with Crippen LogP contribution >= 0.6 is 0 Å². The van der Waals surface area contributed by atoms with Crippen molar-refractivity contribution >= 4 is 5.91 Å². The van der Waals surface area contributed by atoms with E-state index in [9.17, 15) is 4.79 Å². The molecule has 5 nitrogen and oxygen atoms in total. The van der Waals surface area contributed by atoms with Crippen LogP contribution in [0.15, 0.2) is 6.20 Å². The van der Waals surface area contributed by atoms with Crippen molar-refractivity contribution in [1.82, 2.24) is 14.7 Å². The van der Waals surface area contributed by atoms with Crippen molar-refractivity contribution in [2.75, 3.05) is 20.6 Å². The Hall–Kier alpha value is -1.36. The molecular weight excluding hydrogens is 204 g/mol. The number of fused-ring (bicyclic) bond motifs is 1. The van der Waals surface area contributed by atoms with Crippen LogP contribution in [-0.2, 0) is 6.54 Å². The van der Waals surface area contributed by atoms with Gasteiger partial charge in [0.05, 0.1) is 17.5 Å². The lowest BCUT2D eigenvalue weighted by Crippen LogP contribution is -2.27. The number of carbonyl (C=O) groups excluding carboxylic acids is 1. The molecule has 0 radical (unpaired) electrons. The number of hydrogen-bond donors (Lipinski definition) is 1. The van der Waals surface area contributed by atoms with Crippen LogP contribution in [0.2, 0.25) is 0 Å². The van der Waals surface area contributed by atoms with Gasteiger partial charge in [-0.05, 0) is 12.8 Å². The van der Waals surface area contributed by atoms with Gasteiger partial charge in [0.15, 0.2) is 0 Å². The highest BCUT2D eigenvalue weighted by Gasteiger charge is 2.27. The summed E-state index contributed by atoms with van der Waals surface area (Å²) in [5.41, 5.74) is 7.49.